The zero-order valence-corrected chi connectivity index (χ0v) is 19.2. The molecule has 0 bridgehead atoms. The molecule has 2 fully saturated rings. The van der Waals surface area contributed by atoms with Crippen LogP contribution in [0.4, 0.5) is 21.5 Å². The molecule has 0 spiro atoms. The third-order valence-electron chi connectivity index (χ3n) is 5.92. The number of hydrogen-bond acceptors (Lipinski definition) is 7. The van der Waals surface area contributed by atoms with Crippen LogP contribution in [0.5, 0.6) is 0 Å². The van der Waals surface area contributed by atoms with Crippen LogP contribution in [0.1, 0.15) is 29.6 Å². The minimum Gasteiger partial charge on any atom is -0.378 e. The third kappa shape index (κ3) is 5.03. The molecule has 34 heavy (non-hydrogen) atoms. The Kier molecular flexibility index (Phi) is 7.10. The van der Waals surface area contributed by atoms with Crippen molar-refractivity contribution in [3.63, 3.8) is 0 Å². The summed E-state index contributed by atoms with van der Waals surface area (Å²) < 4.78 is 46.9. The first-order valence-electron chi connectivity index (χ1n) is 11.0. The zero-order valence-electron chi connectivity index (χ0n) is 18.4. The number of piperidine rings is 1. The highest BCUT2D eigenvalue weighted by molar-refractivity contribution is 7.89. The lowest BCUT2D eigenvalue weighted by Crippen LogP contribution is -2.38. The van der Waals surface area contributed by atoms with Gasteiger partial charge in [0.15, 0.2) is 0 Å². The van der Waals surface area contributed by atoms with Gasteiger partial charge >= 0.3 is 5.69 Å². The highest BCUT2D eigenvalue weighted by Gasteiger charge is 2.29. The molecule has 2 aliphatic heterocycles. The van der Waals surface area contributed by atoms with Gasteiger partial charge in [-0.2, -0.15) is 8.70 Å². The lowest BCUT2D eigenvalue weighted by atomic mass is 10.1. The molecule has 1 amide bonds. The Morgan fingerprint density at radius 1 is 1.03 bits per heavy atom. The van der Waals surface area contributed by atoms with Crippen LogP contribution in [0, 0.1) is 15.9 Å². The second-order valence-electron chi connectivity index (χ2n) is 8.12. The van der Waals surface area contributed by atoms with E-state index in [1.165, 1.54) is 22.5 Å². The maximum atomic E-state index is 13.7. The summed E-state index contributed by atoms with van der Waals surface area (Å²) in [6.07, 6.45) is 2.53. The van der Waals surface area contributed by atoms with Crippen LogP contribution in [0.2, 0.25) is 0 Å². The number of morpholine rings is 1. The lowest BCUT2D eigenvalue weighted by molar-refractivity contribution is -0.387. The van der Waals surface area contributed by atoms with E-state index in [9.17, 15) is 27.7 Å². The Bertz CT molecular complexity index is 1190. The molecule has 0 aliphatic carbocycles. The third-order valence-corrected chi connectivity index (χ3v) is 7.81. The largest absolute Gasteiger partial charge is 0.378 e. The molecule has 2 aromatic carbocycles. The van der Waals surface area contributed by atoms with Gasteiger partial charge in [-0.25, -0.2) is 8.42 Å². The van der Waals surface area contributed by atoms with Crippen molar-refractivity contribution in [2.24, 2.45) is 0 Å². The Morgan fingerprint density at radius 3 is 2.41 bits per heavy atom. The number of hydrogen-bond donors (Lipinski definition) is 1. The zero-order chi connectivity index (χ0) is 24.3. The monoisotopic (exact) mass is 492 g/mol. The highest BCUT2D eigenvalue weighted by Crippen LogP contribution is 2.29. The van der Waals surface area contributed by atoms with Crippen LogP contribution < -0.4 is 10.2 Å². The Morgan fingerprint density at radius 2 is 1.74 bits per heavy atom. The van der Waals surface area contributed by atoms with Gasteiger partial charge in [0.05, 0.1) is 28.6 Å². The maximum Gasteiger partial charge on any atom is 0.306 e. The Hall–Kier alpha value is -3.09. The summed E-state index contributed by atoms with van der Waals surface area (Å²) >= 11 is 0. The van der Waals surface area contributed by atoms with Gasteiger partial charge in [-0.05, 0) is 43.2 Å². The van der Waals surface area contributed by atoms with Crippen molar-refractivity contribution in [1.82, 2.24) is 4.31 Å². The average Bonchev–Trinajstić information content (AvgIpc) is 2.85. The molecule has 0 saturated carbocycles. The quantitative estimate of drug-likeness (QED) is 0.486. The van der Waals surface area contributed by atoms with E-state index >= 15 is 0 Å². The fourth-order valence-electron chi connectivity index (χ4n) is 4.12. The molecule has 0 aromatic heterocycles. The van der Waals surface area contributed by atoms with Crippen molar-refractivity contribution in [1.29, 1.82) is 0 Å². The van der Waals surface area contributed by atoms with E-state index in [4.69, 9.17) is 4.74 Å². The molecular formula is C22H25FN4O6S. The van der Waals surface area contributed by atoms with E-state index in [-0.39, 0.29) is 16.1 Å². The van der Waals surface area contributed by atoms with Gasteiger partial charge in [-0.3, -0.25) is 14.9 Å². The van der Waals surface area contributed by atoms with E-state index in [2.05, 4.69) is 5.32 Å². The molecule has 12 heteroatoms. The van der Waals surface area contributed by atoms with E-state index in [0.29, 0.717) is 45.1 Å². The number of nitro benzene ring substituents is 1. The summed E-state index contributed by atoms with van der Waals surface area (Å²) in [5.41, 5.74) is -0.120. The fourth-order valence-corrected chi connectivity index (χ4v) is 5.66. The number of sulfonamides is 1. The fraction of sp³-hybridized carbons (Fsp3) is 0.409. The minimum atomic E-state index is -3.79. The van der Waals surface area contributed by atoms with E-state index in [1.807, 2.05) is 4.90 Å². The van der Waals surface area contributed by atoms with Crippen LogP contribution in [0.15, 0.2) is 41.3 Å². The standard InChI is InChI=1S/C22H25FN4O6S/c23-19-6-4-16(14-21(19)27(29)30)24-22(28)18-15-17(34(31,32)26-8-2-1-3-9-26)5-7-20(18)25-10-12-33-13-11-25/h4-7,14-15H,1-3,8-13H2,(H,24,28). The normalized spacial score (nSPS) is 17.4. The first-order valence-corrected chi connectivity index (χ1v) is 12.4. The van der Waals surface area contributed by atoms with Crippen LogP contribution in [0.3, 0.4) is 0 Å². The molecule has 2 aliphatic rings. The highest BCUT2D eigenvalue weighted by atomic mass is 32.2. The average molecular weight is 493 g/mol. The molecule has 10 nitrogen and oxygen atoms in total. The lowest BCUT2D eigenvalue weighted by Gasteiger charge is -2.31. The smallest absolute Gasteiger partial charge is 0.306 e. The van der Waals surface area contributed by atoms with Gasteiger partial charge in [-0.1, -0.05) is 6.42 Å². The van der Waals surface area contributed by atoms with Crippen LogP contribution in [0.25, 0.3) is 0 Å². The number of rotatable bonds is 6. The topological polar surface area (TPSA) is 122 Å². The summed E-state index contributed by atoms with van der Waals surface area (Å²) in [6, 6.07) is 7.47. The second-order valence-corrected chi connectivity index (χ2v) is 10.1. The van der Waals surface area contributed by atoms with Crippen LogP contribution in [-0.2, 0) is 14.8 Å². The van der Waals surface area contributed by atoms with E-state index in [0.717, 1.165) is 31.4 Å². The number of carbonyl (C=O) groups is 1. The van der Waals surface area contributed by atoms with Gasteiger partial charge in [-0.15, -0.1) is 0 Å². The Labute approximate surface area is 196 Å². The van der Waals surface area contributed by atoms with Gasteiger partial charge in [0.25, 0.3) is 5.91 Å². The van der Waals surface area contributed by atoms with Crippen molar-refractivity contribution in [2.45, 2.75) is 24.2 Å². The number of ether oxygens (including phenoxy) is 1. The summed E-state index contributed by atoms with van der Waals surface area (Å²) in [7, 11) is -3.79. The Balaban J connectivity index is 1.70. The molecule has 2 saturated heterocycles. The summed E-state index contributed by atoms with van der Waals surface area (Å²) in [6.45, 7) is 2.79. The van der Waals surface area contributed by atoms with E-state index < -0.39 is 32.4 Å². The van der Waals surface area contributed by atoms with Crippen molar-refractivity contribution < 1.29 is 27.3 Å². The number of halogens is 1. The second kappa shape index (κ2) is 10.0. The summed E-state index contributed by atoms with van der Waals surface area (Å²) in [5, 5.41) is 13.6. The molecule has 0 unspecified atom stereocenters. The predicted octanol–water partition coefficient (Wildman–Crippen LogP) is 3.00. The minimum absolute atomic E-state index is 0.00152. The number of anilines is 2. The molecule has 0 atom stereocenters. The van der Waals surface area contributed by atoms with E-state index in [1.54, 1.807) is 6.07 Å². The van der Waals surface area contributed by atoms with Crippen molar-refractivity contribution in [3.8, 4) is 0 Å². The molecule has 2 aromatic rings. The molecule has 0 radical (unpaired) electrons. The van der Waals surface area contributed by atoms with Gasteiger partial charge in [0.1, 0.15) is 0 Å². The first-order chi connectivity index (χ1) is 16.3. The maximum absolute atomic E-state index is 13.7. The SMILES string of the molecule is O=C(Nc1ccc(F)c([N+](=O)[O-])c1)c1cc(S(=O)(=O)N2CCCCC2)ccc1N1CCOCC1. The predicted molar refractivity (Wildman–Crippen MR) is 123 cm³/mol. The van der Waals surface area contributed by atoms with Crippen molar-refractivity contribution in [2.75, 3.05) is 49.6 Å². The molecule has 4 rings (SSSR count). The number of nitrogens with zero attached hydrogens (tertiary/aromatic N) is 3. The first kappa shape index (κ1) is 24.0. The molecule has 1 N–H and O–H groups in total. The van der Waals surface area contributed by atoms with Crippen LogP contribution >= 0.6 is 0 Å². The van der Waals surface area contributed by atoms with Gasteiger partial charge in [0.2, 0.25) is 15.8 Å². The summed E-state index contributed by atoms with van der Waals surface area (Å²) in [4.78, 5) is 25.4. The number of carbonyl (C=O) groups excluding carboxylic acids is 1. The number of amides is 1. The molecule has 2 heterocycles. The molecule has 182 valence electrons. The summed E-state index contributed by atoms with van der Waals surface area (Å²) in [5.74, 6) is -1.68. The van der Waals surface area contributed by atoms with Crippen molar-refractivity contribution >= 4 is 33.0 Å². The number of benzene rings is 2. The van der Waals surface area contributed by atoms with Gasteiger partial charge < -0.3 is 15.0 Å². The number of nitrogens with one attached hydrogen (secondary N) is 1. The van der Waals surface area contributed by atoms with Crippen molar-refractivity contribution in [3.05, 3.63) is 57.9 Å². The molecular weight excluding hydrogens is 467 g/mol. The number of nitro groups is 1. The van der Waals surface area contributed by atoms with Crippen LogP contribution in [-0.4, -0.2) is 62.9 Å². The van der Waals surface area contributed by atoms with Gasteiger partial charge in [0, 0.05) is 43.6 Å².